The number of aromatic nitrogens is 3. The van der Waals surface area contributed by atoms with Crippen LogP contribution in [0.3, 0.4) is 0 Å². The average molecular weight is 533 g/mol. The number of aryl methyl sites for hydroxylation is 2. The number of benzene rings is 2. The summed E-state index contributed by atoms with van der Waals surface area (Å²) in [7, 11) is 0.676. The van der Waals surface area contributed by atoms with Gasteiger partial charge in [-0.2, -0.15) is 18.2 Å². The van der Waals surface area contributed by atoms with E-state index in [9.17, 15) is 32.7 Å². The fraction of sp³-hybridized carbons (Fsp3) is 0.208. The van der Waals surface area contributed by atoms with Crippen LogP contribution in [0.15, 0.2) is 45.7 Å². The molecule has 0 aliphatic carbocycles. The Bertz CT molecular complexity index is 1540. The van der Waals surface area contributed by atoms with Gasteiger partial charge in [0.25, 0.3) is 0 Å². The number of aromatic amines is 1. The Morgan fingerprint density at radius 2 is 1.71 bits per heavy atom. The van der Waals surface area contributed by atoms with E-state index in [1.165, 1.54) is 11.8 Å². The smallest absolute Gasteiger partial charge is 0.477 e. The van der Waals surface area contributed by atoms with E-state index in [1.807, 2.05) is 26.0 Å². The van der Waals surface area contributed by atoms with E-state index in [0.717, 1.165) is 16.8 Å². The SMILES string of the molecule is COC(=O)C(F)(F)F.Cc1cc(Nc2ncc(C(=O)O)c(Nc3ccc4oc(=O)[nH]c4c3)n2)cc(C)c1C. The van der Waals surface area contributed by atoms with Crippen molar-refractivity contribution in [1.82, 2.24) is 15.0 Å². The minimum atomic E-state index is -4.85. The maximum atomic E-state index is 11.6. The first-order valence-electron chi connectivity index (χ1n) is 10.8. The minimum Gasteiger partial charge on any atom is -0.477 e. The fourth-order valence-corrected chi connectivity index (χ4v) is 3.21. The van der Waals surface area contributed by atoms with Gasteiger partial charge in [-0.15, -0.1) is 0 Å². The molecule has 0 unspecified atom stereocenters. The van der Waals surface area contributed by atoms with Gasteiger partial charge in [0.2, 0.25) is 5.95 Å². The summed E-state index contributed by atoms with van der Waals surface area (Å²) in [6.45, 7) is 6.09. The third kappa shape index (κ3) is 6.66. The number of oxazole rings is 1. The zero-order chi connectivity index (χ0) is 28.2. The van der Waals surface area contributed by atoms with Crippen molar-refractivity contribution in [3.05, 3.63) is 69.3 Å². The second kappa shape index (κ2) is 11.0. The van der Waals surface area contributed by atoms with Crippen molar-refractivity contribution >= 4 is 46.2 Å². The monoisotopic (exact) mass is 533 g/mol. The summed E-state index contributed by atoms with van der Waals surface area (Å²) in [6.07, 6.45) is -3.61. The van der Waals surface area contributed by atoms with Crippen LogP contribution in [0.25, 0.3) is 11.1 Å². The van der Waals surface area contributed by atoms with Gasteiger partial charge in [-0.3, -0.25) is 4.98 Å². The molecule has 0 saturated carbocycles. The van der Waals surface area contributed by atoms with Gasteiger partial charge in [0.15, 0.2) is 11.4 Å². The highest BCUT2D eigenvalue weighted by molar-refractivity contribution is 5.94. The summed E-state index contributed by atoms with van der Waals surface area (Å²) in [4.78, 5) is 43.5. The Labute approximate surface area is 212 Å². The van der Waals surface area contributed by atoms with E-state index >= 15 is 0 Å². The van der Waals surface area contributed by atoms with Crippen LogP contribution in [0.4, 0.5) is 36.3 Å². The van der Waals surface area contributed by atoms with Crippen molar-refractivity contribution in [3.8, 4) is 0 Å². The van der Waals surface area contributed by atoms with E-state index in [2.05, 4.69) is 37.2 Å². The van der Waals surface area contributed by atoms with E-state index in [-0.39, 0.29) is 17.3 Å². The Morgan fingerprint density at radius 3 is 2.26 bits per heavy atom. The number of carboxylic acid groups (broad SMARTS) is 1. The molecule has 2 aromatic carbocycles. The number of hydrogen-bond acceptors (Lipinski definition) is 9. The molecule has 4 N–H and O–H groups in total. The number of carbonyl (C=O) groups is 2. The Balaban J connectivity index is 0.000000436. The predicted molar refractivity (Wildman–Crippen MR) is 131 cm³/mol. The second-order valence-corrected chi connectivity index (χ2v) is 7.96. The third-order valence-electron chi connectivity index (χ3n) is 5.30. The first-order valence-corrected chi connectivity index (χ1v) is 10.8. The molecule has 14 heteroatoms. The number of esters is 1. The number of hydrogen-bond donors (Lipinski definition) is 4. The number of nitrogens with one attached hydrogen (secondary N) is 3. The second-order valence-electron chi connectivity index (χ2n) is 7.96. The zero-order valence-corrected chi connectivity index (χ0v) is 20.5. The van der Waals surface area contributed by atoms with Gasteiger partial charge in [-0.1, -0.05) is 0 Å². The lowest BCUT2D eigenvalue weighted by molar-refractivity contribution is -0.196. The first kappa shape index (κ1) is 27.7. The maximum absolute atomic E-state index is 11.6. The Hall–Kier alpha value is -4.88. The highest BCUT2D eigenvalue weighted by Crippen LogP contribution is 2.25. The van der Waals surface area contributed by atoms with Crippen LogP contribution in [0.5, 0.6) is 0 Å². The minimum absolute atomic E-state index is 0.0856. The number of carboxylic acids is 1. The molecule has 0 bridgehead atoms. The van der Waals surface area contributed by atoms with E-state index in [0.29, 0.717) is 23.9 Å². The number of halogens is 3. The molecule has 4 rings (SSSR count). The lowest BCUT2D eigenvalue weighted by Gasteiger charge is -2.13. The average Bonchev–Trinajstić information content (AvgIpc) is 3.21. The number of fused-ring (bicyclic) bond motifs is 1. The number of methoxy groups -OCH3 is 1. The lowest BCUT2D eigenvalue weighted by atomic mass is 10.0. The van der Waals surface area contributed by atoms with Gasteiger partial charge in [-0.25, -0.2) is 19.4 Å². The van der Waals surface area contributed by atoms with E-state index in [1.54, 1.807) is 18.2 Å². The Kier molecular flexibility index (Phi) is 8.04. The van der Waals surface area contributed by atoms with Crippen molar-refractivity contribution in [2.45, 2.75) is 26.9 Å². The molecule has 11 nitrogen and oxygen atoms in total. The number of alkyl halides is 3. The van der Waals surface area contributed by atoms with Crippen LogP contribution in [-0.4, -0.2) is 45.3 Å². The van der Waals surface area contributed by atoms with Crippen molar-refractivity contribution < 1.29 is 37.0 Å². The summed E-state index contributed by atoms with van der Waals surface area (Å²) >= 11 is 0. The summed E-state index contributed by atoms with van der Waals surface area (Å²) in [5.41, 5.74) is 5.60. The molecule has 4 aromatic rings. The summed E-state index contributed by atoms with van der Waals surface area (Å²) in [5, 5.41) is 15.6. The molecule has 0 saturated heterocycles. The van der Waals surface area contributed by atoms with E-state index < -0.39 is 23.9 Å². The molecule has 200 valence electrons. The molecule has 2 aromatic heterocycles. The molecule has 0 aliphatic rings. The Morgan fingerprint density at radius 1 is 1.05 bits per heavy atom. The zero-order valence-electron chi connectivity index (χ0n) is 20.5. The third-order valence-corrected chi connectivity index (χ3v) is 5.30. The van der Waals surface area contributed by atoms with Crippen molar-refractivity contribution in [1.29, 1.82) is 0 Å². The van der Waals surface area contributed by atoms with Crippen LogP contribution in [0.2, 0.25) is 0 Å². The molecule has 0 amide bonds. The van der Waals surface area contributed by atoms with Crippen LogP contribution >= 0.6 is 0 Å². The summed E-state index contributed by atoms with van der Waals surface area (Å²) in [5.74, 6) is -3.53. The van der Waals surface area contributed by atoms with Gasteiger partial charge in [0, 0.05) is 17.6 Å². The number of nitrogens with zero attached hydrogens (tertiary/aromatic N) is 2. The summed E-state index contributed by atoms with van der Waals surface area (Å²) < 4.78 is 41.3. The first-order chi connectivity index (χ1) is 17.8. The van der Waals surface area contributed by atoms with Crippen LogP contribution in [-0.2, 0) is 9.53 Å². The molecule has 0 spiro atoms. The lowest BCUT2D eigenvalue weighted by Crippen LogP contribution is -2.23. The van der Waals surface area contributed by atoms with Crippen molar-refractivity contribution in [3.63, 3.8) is 0 Å². The number of rotatable bonds is 5. The quantitative estimate of drug-likeness (QED) is 0.264. The van der Waals surface area contributed by atoms with Crippen LogP contribution in [0, 0.1) is 20.8 Å². The standard InChI is InChI=1S/C21H19N5O4.C3H3F3O2/c1-10-6-14(7-11(2)12(10)3)24-20-22-9-15(19(27)28)18(26-20)23-13-4-5-17-16(8-13)25-21(29)30-17;1-8-2(7)3(4,5)6/h4-9H,1-3H3,(H,25,29)(H,27,28)(H2,22,23,24,26);1H3. The van der Waals surface area contributed by atoms with Gasteiger partial charge in [0.1, 0.15) is 5.56 Å². The summed E-state index contributed by atoms with van der Waals surface area (Å²) in [6, 6.07) is 8.86. The normalized spacial score (nSPS) is 10.9. The van der Waals surface area contributed by atoms with Gasteiger partial charge >= 0.3 is 23.9 Å². The molecule has 38 heavy (non-hydrogen) atoms. The molecule has 0 fully saturated rings. The molecule has 0 atom stereocenters. The molecule has 0 radical (unpaired) electrons. The predicted octanol–water partition coefficient (Wildman–Crippen LogP) is 4.74. The van der Waals surface area contributed by atoms with Gasteiger partial charge in [0.05, 0.1) is 12.6 Å². The fourth-order valence-electron chi connectivity index (χ4n) is 3.21. The van der Waals surface area contributed by atoms with Crippen LogP contribution < -0.4 is 16.4 Å². The van der Waals surface area contributed by atoms with Gasteiger partial charge < -0.3 is 24.9 Å². The number of aromatic carboxylic acids is 1. The molecule has 0 aliphatic heterocycles. The molecule has 2 heterocycles. The maximum Gasteiger partial charge on any atom is 0.490 e. The van der Waals surface area contributed by atoms with E-state index in [4.69, 9.17) is 4.42 Å². The van der Waals surface area contributed by atoms with Crippen LogP contribution in [0.1, 0.15) is 27.0 Å². The highest BCUT2D eigenvalue weighted by Gasteiger charge is 2.40. The number of ether oxygens (including phenoxy) is 1. The largest absolute Gasteiger partial charge is 0.490 e. The number of H-pyrrole nitrogens is 1. The van der Waals surface area contributed by atoms with Gasteiger partial charge in [-0.05, 0) is 67.8 Å². The molecular formula is C24H22F3N5O6. The highest BCUT2D eigenvalue weighted by atomic mass is 19.4. The van der Waals surface area contributed by atoms with Crippen molar-refractivity contribution in [2.75, 3.05) is 17.7 Å². The number of anilines is 4. The molecular weight excluding hydrogens is 511 g/mol. The number of carbonyl (C=O) groups excluding carboxylic acids is 1. The topological polar surface area (TPSA) is 159 Å². The van der Waals surface area contributed by atoms with Crippen molar-refractivity contribution in [2.24, 2.45) is 0 Å².